The van der Waals surface area contributed by atoms with Gasteiger partial charge in [-0.1, -0.05) is 137 Å². The molecular weight excluding hydrogens is 1140 g/mol. The maximum Gasteiger partial charge on any atom is 1.00 e. The van der Waals surface area contributed by atoms with E-state index < -0.39 is 14.4 Å². The van der Waals surface area contributed by atoms with E-state index in [2.05, 4.69) is 122 Å². The third-order valence-corrected chi connectivity index (χ3v) is 9.57. The first-order chi connectivity index (χ1) is 32.8. The number of carbonyl (C=O) groups excluding carboxylic acids is 1. The number of rotatable bonds is 21. The normalized spacial score (nSPS) is 8.91. The van der Waals surface area contributed by atoms with Crippen molar-refractivity contribution in [2.75, 3.05) is 46.1 Å². The van der Waals surface area contributed by atoms with Crippen molar-refractivity contribution >= 4 is 85.3 Å². The minimum Gasteiger partial charge on any atom is -1.00 e. The number of aryl methyl sites for hydroxylation is 4. The van der Waals surface area contributed by atoms with Crippen molar-refractivity contribution in [1.82, 2.24) is 0 Å². The van der Waals surface area contributed by atoms with Crippen LogP contribution in [0.1, 0.15) is 111 Å². The Balaban J connectivity index is -0.000000138. The third kappa shape index (κ3) is 47.8. The number of unbranched alkanes of at least 4 members (excludes halogenated alkanes) is 3. The Morgan fingerprint density at radius 1 is 0.671 bits per heavy atom. The Morgan fingerprint density at radius 3 is 1.40 bits per heavy atom. The minimum atomic E-state index is -1.40. The van der Waals surface area contributed by atoms with Crippen molar-refractivity contribution in [3.8, 4) is 23.0 Å². The van der Waals surface area contributed by atoms with Crippen molar-refractivity contribution < 1.29 is 162 Å². The van der Waals surface area contributed by atoms with Gasteiger partial charge in [-0.3, -0.25) is 4.79 Å². The van der Waals surface area contributed by atoms with Gasteiger partial charge in [0.2, 0.25) is 0 Å². The van der Waals surface area contributed by atoms with E-state index in [1.807, 2.05) is 60.4 Å². The smallest absolute Gasteiger partial charge is 1.00 e. The van der Waals surface area contributed by atoms with Gasteiger partial charge in [-0.25, -0.2) is 0 Å². The number of hydrogen-bond acceptors (Lipinski definition) is 14. The number of aromatic hydroxyl groups is 1. The molecule has 383 valence electrons. The second-order valence-corrected chi connectivity index (χ2v) is 14.7. The molecule has 4 aromatic carbocycles. The van der Waals surface area contributed by atoms with E-state index in [-0.39, 0.29) is 111 Å². The molecule has 0 unspecified atom stereocenters. The standard InChI is InChI=1S/C12H27BO3.C9H13BO3.C9H11BrO.C9H12O.C8H10O.CH3I.CH2O3.BHNS.2K.H/c1-4-7-10-14-13(15-11-8-5-2)16-12-9-6-3;1-3-7-6-8(13-2)4-5-9(7)10(11)12;1-3-7-6-8(11-2)4-5-9(7)10;1-3-8-5-4-6-9(7-8)10-2;1-2-7-4-3-5-8(9)6-7;1-2;2-1-4-3;1-2-3;;;/h4-12H2,1-3H3;4-6,11-12H,3H2,1-2H3;4-6H,3H2,1-2H3;4-7H,3H2,1-2H3;3-6,9H,2H2,1H3;1H3;1,3H;3H;;;/q;;;;;;;;2*+1;-1/p-1. The van der Waals surface area contributed by atoms with Crippen LogP contribution in [0.25, 0.3) is 0 Å². The molecule has 4 aromatic rings. The first-order valence-corrected chi connectivity index (χ1v) is 25.9. The number of nitrogens with zero attached hydrogens (tertiary/aromatic N) is 1. The Bertz CT molecular complexity index is 1740. The molecule has 0 saturated heterocycles. The van der Waals surface area contributed by atoms with Crippen LogP contribution in [0.15, 0.2) is 93.7 Å². The quantitative estimate of drug-likeness (QED) is 0.0136. The topological polar surface area (TPSA) is 178 Å². The van der Waals surface area contributed by atoms with Crippen LogP contribution >= 0.6 is 51.3 Å². The van der Waals surface area contributed by atoms with Gasteiger partial charge in [0.15, 0.2) is 0 Å². The molecule has 1 radical (unpaired) electrons. The van der Waals surface area contributed by atoms with Crippen LogP contribution in [0, 0.1) is 0 Å². The van der Waals surface area contributed by atoms with E-state index in [4.69, 9.17) is 53.4 Å². The number of thiol groups is 1. The molecule has 4 rings (SSSR count). The summed E-state index contributed by atoms with van der Waals surface area (Å²) in [5, 5.41) is 35.4. The predicted molar refractivity (Wildman–Crippen MR) is 296 cm³/mol. The molecule has 0 heterocycles. The predicted octanol–water partition coefficient (Wildman–Crippen LogP) is 4.38. The molecule has 3 N–H and O–H groups in total. The molecule has 0 aliphatic rings. The zero-order valence-corrected chi connectivity index (χ0v) is 55.1. The Labute approximate surface area is 537 Å². The van der Waals surface area contributed by atoms with Gasteiger partial charge in [0.1, 0.15) is 23.0 Å². The number of benzene rings is 4. The summed E-state index contributed by atoms with van der Waals surface area (Å²) in [6, 6.07) is 26.6. The average Bonchev–Trinajstić information content (AvgIpc) is 3.37. The van der Waals surface area contributed by atoms with Gasteiger partial charge < -0.3 is 54.9 Å². The van der Waals surface area contributed by atoms with E-state index in [1.54, 1.807) is 45.6 Å². The van der Waals surface area contributed by atoms with Crippen molar-refractivity contribution in [2.24, 2.45) is 4.30 Å². The van der Waals surface area contributed by atoms with E-state index >= 15 is 0 Å². The fraction of sp³-hybridized carbons (Fsp3) is 0.490. The van der Waals surface area contributed by atoms with Crippen LogP contribution in [-0.4, -0.2) is 89.8 Å². The molecule has 0 spiro atoms. The van der Waals surface area contributed by atoms with Gasteiger partial charge in [-0.05, 0) is 132 Å². The molecule has 13 nitrogen and oxygen atoms in total. The van der Waals surface area contributed by atoms with Gasteiger partial charge in [0.25, 0.3) is 6.47 Å². The van der Waals surface area contributed by atoms with E-state index in [0.29, 0.717) is 11.2 Å². The Kier molecular flexibility index (Phi) is 71.8. The molecule has 70 heavy (non-hydrogen) atoms. The summed E-state index contributed by atoms with van der Waals surface area (Å²) in [4.78, 5) is 13.2. The second kappa shape index (κ2) is 61.7. The Hall–Kier alpha value is 0.138. The fourth-order valence-electron chi connectivity index (χ4n) is 5.00. The van der Waals surface area contributed by atoms with Crippen molar-refractivity contribution in [2.45, 2.75) is 113 Å². The maximum absolute atomic E-state index is 9.01. The van der Waals surface area contributed by atoms with Crippen molar-refractivity contribution in [1.29, 1.82) is 0 Å². The van der Waals surface area contributed by atoms with Gasteiger partial charge in [0, 0.05) is 24.3 Å². The number of carbonyl (C=O) groups is 1. The van der Waals surface area contributed by atoms with Crippen LogP contribution in [0.2, 0.25) is 0 Å². The van der Waals surface area contributed by atoms with Crippen molar-refractivity contribution in [3.63, 3.8) is 0 Å². The van der Waals surface area contributed by atoms with Crippen LogP contribution < -0.4 is 128 Å². The summed E-state index contributed by atoms with van der Waals surface area (Å²) in [5.41, 5.74) is 5.22. The average molecular weight is 1220 g/mol. The largest absolute Gasteiger partial charge is 1.00 e. The first-order valence-electron chi connectivity index (χ1n) is 22.6. The molecule has 0 fully saturated rings. The maximum atomic E-state index is 9.01. The number of alkyl halides is 1. The van der Waals surface area contributed by atoms with E-state index in [1.165, 1.54) is 16.7 Å². The van der Waals surface area contributed by atoms with Crippen LogP contribution in [0.5, 0.6) is 23.0 Å². The molecule has 0 aliphatic carbocycles. The zero-order valence-electron chi connectivity index (χ0n) is 45.3. The number of hydrogen-bond donors (Lipinski definition) is 4. The van der Waals surface area contributed by atoms with Gasteiger partial charge in [0.05, 0.1) is 21.3 Å². The number of halogens is 2. The molecule has 0 amide bonds. The van der Waals surface area contributed by atoms with Gasteiger partial charge in [-0.15, -0.1) is 0 Å². The summed E-state index contributed by atoms with van der Waals surface area (Å²) >= 11 is 8.81. The SMILES string of the molecule is CCCCOB(OCCCC)OCCCC.CCc1cc(OC)ccc1B(O)O.CCc1cc(OC)ccc1Br.CCc1cccc(O)c1.CCc1cccc(OC)c1.CI.O=CO[O-].[B]=NS.[H-].[K+].[K+]. The van der Waals surface area contributed by atoms with E-state index in [0.717, 1.165) is 111 Å². The zero-order chi connectivity index (χ0) is 52.4. The summed E-state index contributed by atoms with van der Waals surface area (Å²) in [6.45, 7) is 16.7. The molecular formula is C49H79B3BrIK2NO12S. The first kappa shape index (κ1) is 81.5. The number of phenols is 1. The number of phenolic OH excluding ortho intramolecular Hbond substituents is 1. The minimum absolute atomic E-state index is 0. The third-order valence-electron chi connectivity index (χ3n) is 8.80. The fourth-order valence-corrected chi connectivity index (χ4v) is 5.53. The summed E-state index contributed by atoms with van der Waals surface area (Å²) in [6.07, 6.45) is 10.4. The van der Waals surface area contributed by atoms with Gasteiger partial charge in [-0.2, -0.15) is 0 Å². The number of methoxy groups -OCH3 is 3. The summed E-state index contributed by atoms with van der Waals surface area (Å²) < 4.78 is 35.6. The van der Waals surface area contributed by atoms with Crippen molar-refractivity contribution in [3.05, 3.63) is 112 Å². The number of ether oxygens (including phenoxy) is 3. The Morgan fingerprint density at radius 2 is 1.06 bits per heavy atom. The molecule has 0 aliphatic heterocycles. The van der Waals surface area contributed by atoms with Crippen LogP contribution in [0.3, 0.4) is 0 Å². The summed E-state index contributed by atoms with van der Waals surface area (Å²) in [5.74, 6) is 2.96. The van der Waals surface area contributed by atoms with Gasteiger partial charge >= 0.3 is 142 Å². The monoisotopic (exact) mass is 1220 g/mol. The summed E-state index contributed by atoms with van der Waals surface area (Å²) in [7, 11) is 7.44. The molecule has 0 atom stereocenters. The molecule has 21 heteroatoms. The van der Waals surface area contributed by atoms with Crippen LogP contribution in [-0.2, 0) is 49.3 Å². The second-order valence-electron chi connectivity index (χ2n) is 13.6. The van der Waals surface area contributed by atoms with E-state index in [9.17, 15) is 0 Å². The van der Waals surface area contributed by atoms with Crippen LogP contribution in [0.4, 0.5) is 0 Å². The molecule has 0 aromatic heterocycles. The molecule has 0 saturated carbocycles. The molecule has 0 bridgehead atoms.